The number of amides is 1. The molecule has 0 aliphatic heterocycles. The fraction of sp³-hybridized carbons (Fsp3) is 0.190. The molecule has 0 saturated carbocycles. The van der Waals surface area contributed by atoms with Gasteiger partial charge in [0.2, 0.25) is 5.95 Å². The molecule has 7 heteroatoms. The molecule has 0 bridgehead atoms. The van der Waals surface area contributed by atoms with Crippen LogP contribution in [0.5, 0.6) is 5.75 Å². The van der Waals surface area contributed by atoms with Gasteiger partial charge in [0.25, 0.3) is 5.91 Å². The van der Waals surface area contributed by atoms with Crippen LogP contribution in [0.1, 0.15) is 18.3 Å². The van der Waals surface area contributed by atoms with Crippen LogP contribution in [0.15, 0.2) is 54.6 Å². The summed E-state index contributed by atoms with van der Waals surface area (Å²) in [7, 11) is 0. The van der Waals surface area contributed by atoms with Crippen molar-refractivity contribution in [1.82, 2.24) is 9.97 Å². The number of aromatic nitrogens is 2. The van der Waals surface area contributed by atoms with Gasteiger partial charge in [0, 0.05) is 27.8 Å². The number of halogens is 1. The number of anilines is 3. The normalized spacial score (nSPS) is 11.6. The van der Waals surface area contributed by atoms with Crippen molar-refractivity contribution in [2.24, 2.45) is 0 Å². The van der Waals surface area contributed by atoms with E-state index in [-0.39, 0.29) is 5.91 Å². The zero-order valence-electron chi connectivity index (χ0n) is 15.9. The predicted molar refractivity (Wildman–Crippen MR) is 111 cm³/mol. The molecule has 1 amide bonds. The summed E-state index contributed by atoms with van der Waals surface area (Å²) < 4.78 is 5.65. The van der Waals surface area contributed by atoms with E-state index in [9.17, 15) is 4.79 Å². The van der Waals surface area contributed by atoms with Gasteiger partial charge in [0.05, 0.1) is 0 Å². The maximum absolute atomic E-state index is 12.4. The highest BCUT2D eigenvalue weighted by molar-refractivity contribution is 6.30. The lowest BCUT2D eigenvalue weighted by Gasteiger charge is -2.15. The van der Waals surface area contributed by atoms with Gasteiger partial charge in [0.1, 0.15) is 5.75 Å². The number of hydrogen-bond acceptors (Lipinski definition) is 5. The average Bonchev–Trinajstić information content (AvgIpc) is 2.63. The van der Waals surface area contributed by atoms with Crippen molar-refractivity contribution in [3.8, 4) is 5.75 Å². The predicted octanol–water partition coefficient (Wildman–Crippen LogP) is 4.90. The van der Waals surface area contributed by atoms with Gasteiger partial charge in [-0.2, -0.15) is 0 Å². The number of hydrogen-bond donors (Lipinski definition) is 2. The molecule has 6 nitrogen and oxygen atoms in total. The number of nitrogens with one attached hydrogen (secondary N) is 2. The highest BCUT2D eigenvalue weighted by Gasteiger charge is 2.15. The Balaban J connectivity index is 1.64. The molecule has 1 atom stereocenters. The summed E-state index contributed by atoms with van der Waals surface area (Å²) in [6, 6.07) is 16.1. The van der Waals surface area contributed by atoms with Gasteiger partial charge in [-0.25, -0.2) is 9.97 Å². The van der Waals surface area contributed by atoms with E-state index in [1.54, 1.807) is 37.3 Å². The number of benzene rings is 2. The molecule has 0 radical (unpaired) electrons. The molecule has 2 N–H and O–H groups in total. The molecule has 3 rings (SSSR count). The smallest absolute Gasteiger partial charge is 0.265 e. The van der Waals surface area contributed by atoms with Crippen LogP contribution in [-0.2, 0) is 4.79 Å². The van der Waals surface area contributed by atoms with Crippen molar-refractivity contribution >= 4 is 34.8 Å². The van der Waals surface area contributed by atoms with Crippen molar-refractivity contribution in [2.45, 2.75) is 26.9 Å². The van der Waals surface area contributed by atoms with E-state index in [1.165, 1.54) is 0 Å². The van der Waals surface area contributed by atoms with E-state index in [0.717, 1.165) is 17.1 Å². The van der Waals surface area contributed by atoms with Crippen LogP contribution in [-0.4, -0.2) is 22.0 Å². The number of carbonyl (C=O) groups is 1. The summed E-state index contributed by atoms with van der Waals surface area (Å²) in [6.07, 6.45) is -0.666. The Kier molecular flexibility index (Phi) is 6.11. The molecule has 0 saturated heterocycles. The lowest BCUT2D eigenvalue weighted by atomic mass is 10.2. The average molecular weight is 397 g/mol. The quantitative estimate of drug-likeness (QED) is 0.620. The van der Waals surface area contributed by atoms with E-state index >= 15 is 0 Å². The Labute approximate surface area is 168 Å². The monoisotopic (exact) mass is 396 g/mol. The molecular weight excluding hydrogens is 376 g/mol. The first kappa shape index (κ1) is 19.6. The standard InChI is InChI=1S/C21H21ClN4O2/c1-13-11-14(2)24-21(23-13)26-18-6-4-5-17(12-18)25-20(27)15(3)28-19-9-7-16(22)8-10-19/h4-12,15H,1-3H3,(H,25,27)(H,23,24,26). The van der Waals surface area contributed by atoms with E-state index in [1.807, 2.05) is 38.1 Å². The second-order valence-electron chi connectivity index (χ2n) is 6.38. The number of carbonyl (C=O) groups excluding carboxylic acids is 1. The topological polar surface area (TPSA) is 76.1 Å². The van der Waals surface area contributed by atoms with Crippen molar-refractivity contribution < 1.29 is 9.53 Å². The first-order valence-corrected chi connectivity index (χ1v) is 9.19. The lowest BCUT2D eigenvalue weighted by molar-refractivity contribution is -0.122. The van der Waals surface area contributed by atoms with Crippen molar-refractivity contribution in [3.63, 3.8) is 0 Å². The SMILES string of the molecule is Cc1cc(C)nc(Nc2cccc(NC(=O)C(C)Oc3ccc(Cl)cc3)c2)n1. The Bertz CT molecular complexity index is 956. The number of nitrogens with zero attached hydrogens (tertiary/aromatic N) is 2. The van der Waals surface area contributed by atoms with Crippen molar-refractivity contribution in [1.29, 1.82) is 0 Å². The number of ether oxygens (including phenoxy) is 1. The van der Waals surface area contributed by atoms with E-state index in [2.05, 4.69) is 20.6 Å². The van der Waals surface area contributed by atoms with Gasteiger partial charge in [-0.15, -0.1) is 0 Å². The number of aryl methyl sites for hydroxylation is 2. The molecule has 2 aromatic carbocycles. The summed E-state index contributed by atoms with van der Waals surface area (Å²) in [5.74, 6) is 0.838. The second-order valence-corrected chi connectivity index (χ2v) is 6.82. The zero-order chi connectivity index (χ0) is 20.1. The zero-order valence-corrected chi connectivity index (χ0v) is 16.6. The van der Waals surface area contributed by atoms with E-state index in [4.69, 9.17) is 16.3 Å². The Hall–Kier alpha value is -3.12. The minimum Gasteiger partial charge on any atom is -0.481 e. The summed E-state index contributed by atoms with van der Waals surface area (Å²) in [5, 5.41) is 6.62. The summed E-state index contributed by atoms with van der Waals surface area (Å²) in [5.41, 5.74) is 3.18. The van der Waals surface area contributed by atoms with Crippen LogP contribution in [0.25, 0.3) is 0 Å². The van der Waals surface area contributed by atoms with Gasteiger partial charge in [-0.3, -0.25) is 4.79 Å². The fourth-order valence-electron chi connectivity index (χ4n) is 2.60. The van der Waals surface area contributed by atoms with E-state index in [0.29, 0.717) is 22.4 Å². The third-order valence-electron chi connectivity index (χ3n) is 3.86. The summed E-state index contributed by atoms with van der Waals surface area (Å²) >= 11 is 5.86. The molecule has 1 unspecified atom stereocenters. The molecule has 1 heterocycles. The molecule has 1 aromatic heterocycles. The van der Waals surface area contributed by atoms with Crippen LogP contribution < -0.4 is 15.4 Å². The van der Waals surface area contributed by atoms with Crippen molar-refractivity contribution in [2.75, 3.05) is 10.6 Å². The highest BCUT2D eigenvalue weighted by atomic mass is 35.5. The van der Waals surface area contributed by atoms with Crippen LogP contribution in [0.3, 0.4) is 0 Å². The highest BCUT2D eigenvalue weighted by Crippen LogP contribution is 2.20. The minimum absolute atomic E-state index is 0.255. The minimum atomic E-state index is -0.666. The Morgan fingerprint density at radius 1 is 1.00 bits per heavy atom. The van der Waals surface area contributed by atoms with Gasteiger partial charge in [0.15, 0.2) is 6.10 Å². The first-order chi connectivity index (χ1) is 13.4. The molecule has 0 spiro atoms. The van der Waals surface area contributed by atoms with E-state index < -0.39 is 6.10 Å². The third kappa shape index (κ3) is 5.44. The lowest BCUT2D eigenvalue weighted by Crippen LogP contribution is -2.30. The molecule has 3 aromatic rings. The molecule has 0 aliphatic rings. The number of rotatable bonds is 6. The Morgan fingerprint density at radius 3 is 2.32 bits per heavy atom. The Morgan fingerprint density at radius 2 is 1.64 bits per heavy atom. The maximum Gasteiger partial charge on any atom is 0.265 e. The second kappa shape index (κ2) is 8.71. The largest absolute Gasteiger partial charge is 0.481 e. The summed E-state index contributed by atoms with van der Waals surface area (Å²) in [4.78, 5) is 21.2. The fourth-order valence-corrected chi connectivity index (χ4v) is 2.73. The van der Waals surface area contributed by atoms with Crippen LogP contribution >= 0.6 is 11.6 Å². The van der Waals surface area contributed by atoms with Crippen molar-refractivity contribution in [3.05, 3.63) is 71.0 Å². The van der Waals surface area contributed by atoms with Gasteiger partial charge in [-0.05, 0) is 69.3 Å². The van der Waals surface area contributed by atoms with Crippen LogP contribution in [0.4, 0.5) is 17.3 Å². The van der Waals surface area contributed by atoms with Crippen LogP contribution in [0, 0.1) is 13.8 Å². The van der Waals surface area contributed by atoms with Gasteiger partial charge in [-0.1, -0.05) is 17.7 Å². The first-order valence-electron chi connectivity index (χ1n) is 8.81. The molecule has 144 valence electrons. The van der Waals surface area contributed by atoms with Gasteiger partial charge < -0.3 is 15.4 Å². The maximum atomic E-state index is 12.4. The molecule has 0 fully saturated rings. The molecule has 0 aliphatic carbocycles. The van der Waals surface area contributed by atoms with Crippen LogP contribution in [0.2, 0.25) is 5.02 Å². The third-order valence-corrected chi connectivity index (χ3v) is 4.12. The van der Waals surface area contributed by atoms with Gasteiger partial charge >= 0.3 is 0 Å². The molecule has 28 heavy (non-hydrogen) atoms. The summed E-state index contributed by atoms with van der Waals surface area (Å²) in [6.45, 7) is 5.52. The molecular formula is C21H21ClN4O2.